The van der Waals surface area contributed by atoms with Crippen molar-refractivity contribution in [2.45, 2.75) is 65.8 Å². The molecule has 0 unspecified atom stereocenters. The highest BCUT2D eigenvalue weighted by Gasteiger charge is 2.41. The summed E-state index contributed by atoms with van der Waals surface area (Å²) in [4.78, 5) is 26.1. The molecule has 1 fully saturated rings. The Labute approximate surface area is 132 Å². The monoisotopic (exact) mass is 304 g/mol. The van der Waals surface area contributed by atoms with Crippen LogP contribution in [-0.2, 0) is 10.3 Å². The number of aryl methyl sites for hydroxylation is 1. The molecular formula is C18H28N2O2. The van der Waals surface area contributed by atoms with Crippen molar-refractivity contribution in [1.29, 1.82) is 0 Å². The first-order chi connectivity index (χ1) is 10.1. The maximum Gasteiger partial charge on any atom is 0.248 e. The molecule has 0 aromatic carbocycles. The van der Waals surface area contributed by atoms with Gasteiger partial charge in [-0.3, -0.25) is 9.59 Å². The van der Waals surface area contributed by atoms with Gasteiger partial charge in [0.2, 0.25) is 11.5 Å². The summed E-state index contributed by atoms with van der Waals surface area (Å²) in [7, 11) is 0. The van der Waals surface area contributed by atoms with Crippen molar-refractivity contribution < 1.29 is 4.79 Å². The number of pyridine rings is 1. The summed E-state index contributed by atoms with van der Waals surface area (Å²) < 4.78 is 0. The van der Waals surface area contributed by atoms with Gasteiger partial charge < -0.3 is 10.3 Å². The first kappa shape index (κ1) is 16.8. The third-order valence-electron chi connectivity index (χ3n) is 5.11. The normalized spacial score (nSPS) is 25.8. The zero-order valence-corrected chi connectivity index (χ0v) is 14.4. The molecule has 1 amide bonds. The minimum Gasteiger partial charge on any atom is -0.347 e. The van der Waals surface area contributed by atoms with Gasteiger partial charge in [-0.25, -0.2) is 0 Å². The molecule has 1 aliphatic rings. The van der Waals surface area contributed by atoms with Crippen molar-refractivity contribution in [2.75, 3.05) is 0 Å². The van der Waals surface area contributed by atoms with Gasteiger partial charge >= 0.3 is 0 Å². The number of aromatic nitrogens is 1. The Kier molecular flexibility index (Phi) is 4.50. The summed E-state index contributed by atoms with van der Waals surface area (Å²) in [5.41, 5.74) is 1.76. The summed E-state index contributed by atoms with van der Waals surface area (Å²) in [5.74, 6) is 0.650. The Hall–Kier alpha value is -1.58. The van der Waals surface area contributed by atoms with Gasteiger partial charge in [0.25, 0.3) is 0 Å². The maximum atomic E-state index is 11.8. The molecule has 0 saturated heterocycles. The van der Waals surface area contributed by atoms with E-state index in [2.05, 4.69) is 31.1 Å². The average Bonchev–Trinajstić information content (AvgIpc) is 2.36. The Bertz CT molecular complexity index is 602. The number of hydrogen-bond acceptors (Lipinski definition) is 2. The molecule has 4 nitrogen and oxygen atoms in total. The average molecular weight is 304 g/mol. The van der Waals surface area contributed by atoms with Gasteiger partial charge in [0.05, 0.1) is 5.54 Å². The van der Waals surface area contributed by atoms with Crippen LogP contribution in [0.5, 0.6) is 0 Å². The van der Waals surface area contributed by atoms with Crippen LogP contribution in [0, 0.1) is 18.3 Å². The van der Waals surface area contributed by atoms with Gasteiger partial charge in [-0.15, -0.1) is 0 Å². The predicted molar refractivity (Wildman–Crippen MR) is 88.7 cm³/mol. The third-order valence-corrected chi connectivity index (χ3v) is 5.11. The lowest BCUT2D eigenvalue weighted by atomic mass is 9.65. The first-order valence-electron chi connectivity index (χ1n) is 8.13. The van der Waals surface area contributed by atoms with E-state index in [1.807, 2.05) is 13.0 Å². The third kappa shape index (κ3) is 3.42. The van der Waals surface area contributed by atoms with E-state index in [9.17, 15) is 9.59 Å². The largest absolute Gasteiger partial charge is 0.347 e. The number of carbonyl (C=O) groups excluding carboxylic acids is 1. The molecule has 4 heteroatoms. The number of carbonyl (C=O) groups is 1. The number of rotatable bonds is 2. The molecule has 1 heterocycles. The summed E-state index contributed by atoms with van der Waals surface area (Å²) in [6.45, 7) is 10.3. The molecule has 1 aromatic rings. The van der Waals surface area contributed by atoms with E-state index in [-0.39, 0.29) is 17.0 Å². The molecular weight excluding hydrogens is 276 g/mol. The van der Waals surface area contributed by atoms with Gasteiger partial charge in [-0.2, -0.15) is 0 Å². The van der Waals surface area contributed by atoms with Crippen molar-refractivity contribution in [3.8, 4) is 0 Å². The van der Waals surface area contributed by atoms with E-state index in [0.29, 0.717) is 11.3 Å². The lowest BCUT2D eigenvalue weighted by molar-refractivity contribution is -0.121. The molecule has 2 rings (SSSR count). The molecule has 0 spiro atoms. The quantitative estimate of drug-likeness (QED) is 0.881. The van der Waals surface area contributed by atoms with Crippen LogP contribution in [0.3, 0.4) is 0 Å². The Balaban J connectivity index is 2.35. The number of nitrogens with one attached hydrogen (secondary N) is 2. The number of H-pyrrole nitrogens is 1. The Morgan fingerprint density at radius 3 is 2.32 bits per heavy atom. The second-order valence-electron chi connectivity index (χ2n) is 7.76. The topological polar surface area (TPSA) is 62.0 Å². The highest BCUT2D eigenvalue weighted by atomic mass is 16.1. The first-order valence-corrected chi connectivity index (χ1v) is 8.13. The number of aromatic amines is 1. The van der Waals surface area contributed by atoms with E-state index < -0.39 is 0 Å². The number of amides is 1. The van der Waals surface area contributed by atoms with Crippen molar-refractivity contribution in [2.24, 2.45) is 11.3 Å². The molecule has 2 N–H and O–H groups in total. The lowest BCUT2D eigenvalue weighted by Gasteiger charge is -2.45. The van der Waals surface area contributed by atoms with E-state index in [0.717, 1.165) is 36.9 Å². The molecule has 1 aliphatic carbocycles. The summed E-state index contributed by atoms with van der Waals surface area (Å²) in [6.07, 6.45) is 4.01. The minimum absolute atomic E-state index is 0.0141. The highest BCUT2D eigenvalue weighted by Crippen LogP contribution is 2.45. The summed E-state index contributed by atoms with van der Waals surface area (Å²) in [6, 6.07) is 3.43. The van der Waals surface area contributed by atoms with Crippen LogP contribution >= 0.6 is 0 Å². The predicted octanol–water partition coefficient (Wildman–Crippen LogP) is 3.25. The molecule has 0 aliphatic heterocycles. The van der Waals surface area contributed by atoms with Crippen molar-refractivity contribution in [1.82, 2.24) is 10.3 Å². The van der Waals surface area contributed by atoms with Crippen LogP contribution in [0.1, 0.15) is 64.6 Å². The van der Waals surface area contributed by atoms with E-state index in [1.54, 1.807) is 13.0 Å². The fourth-order valence-electron chi connectivity index (χ4n) is 3.87. The zero-order valence-electron chi connectivity index (χ0n) is 14.4. The van der Waals surface area contributed by atoms with E-state index >= 15 is 0 Å². The van der Waals surface area contributed by atoms with E-state index in [4.69, 9.17) is 0 Å². The molecule has 1 saturated carbocycles. The Morgan fingerprint density at radius 2 is 1.86 bits per heavy atom. The van der Waals surface area contributed by atoms with E-state index in [1.165, 1.54) is 0 Å². The van der Waals surface area contributed by atoms with Crippen LogP contribution in [-0.4, -0.2) is 10.9 Å². The van der Waals surface area contributed by atoms with Gasteiger partial charge in [0, 0.05) is 18.7 Å². The van der Waals surface area contributed by atoms with Crippen molar-refractivity contribution in [3.63, 3.8) is 0 Å². The molecule has 1 aromatic heterocycles. The smallest absolute Gasteiger partial charge is 0.248 e. The maximum absolute atomic E-state index is 11.8. The minimum atomic E-state index is -0.345. The van der Waals surface area contributed by atoms with Crippen molar-refractivity contribution >= 4 is 5.91 Å². The molecule has 122 valence electrons. The van der Waals surface area contributed by atoms with Crippen LogP contribution in [0.15, 0.2) is 16.9 Å². The van der Waals surface area contributed by atoms with Crippen molar-refractivity contribution in [3.05, 3.63) is 33.7 Å². The SMILES string of the molecule is CC(=O)NC1(c2ccc(=O)[nH]c2C)CCC(C(C)(C)C)CC1. The number of hydrogen-bond donors (Lipinski definition) is 2. The van der Waals surface area contributed by atoms with Gasteiger partial charge in [0.15, 0.2) is 0 Å². The van der Waals surface area contributed by atoms with Crippen LogP contribution in [0.4, 0.5) is 0 Å². The zero-order chi connectivity index (χ0) is 16.5. The van der Waals surface area contributed by atoms with Crippen LogP contribution in [0.2, 0.25) is 0 Å². The molecule has 0 radical (unpaired) electrons. The van der Waals surface area contributed by atoms with Gasteiger partial charge in [-0.05, 0) is 55.6 Å². The standard InChI is InChI=1S/C18H28N2O2/c1-12-15(6-7-16(22)19-12)18(20-13(2)21)10-8-14(9-11-18)17(3,4)5/h6-7,14H,8-11H2,1-5H3,(H,19,22)(H,20,21). The second kappa shape index (κ2) is 5.90. The lowest BCUT2D eigenvalue weighted by Crippen LogP contribution is -2.49. The summed E-state index contributed by atoms with van der Waals surface area (Å²) >= 11 is 0. The summed E-state index contributed by atoms with van der Waals surface area (Å²) in [5, 5.41) is 3.18. The fourth-order valence-corrected chi connectivity index (χ4v) is 3.87. The van der Waals surface area contributed by atoms with Gasteiger partial charge in [-0.1, -0.05) is 20.8 Å². The second-order valence-corrected chi connectivity index (χ2v) is 7.76. The fraction of sp³-hybridized carbons (Fsp3) is 0.667. The highest BCUT2D eigenvalue weighted by molar-refractivity contribution is 5.74. The van der Waals surface area contributed by atoms with Gasteiger partial charge in [0.1, 0.15) is 0 Å². The van der Waals surface area contributed by atoms with Crippen LogP contribution in [0.25, 0.3) is 0 Å². The molecule has 0 bridgehead atoms. The Morgan fingerprint density at radius 1 is 1.27 bits per heavy atom. The molecule has 22 heavy (non-hydrogen) atoms. The van der Waals surface area contributed by atoms with Crippen LogP contribution < -0.4 is 10.9 Å². The molecule has 0 atom stereocenters.